The number of rotatable bonds is 4. The van der Waals surface area contributed by atoms with E-state index in [0.717, 1.165) is 5.56 Å². The summed E-state index contributed by atoms with van der Waals surface area (Å²) in [5, 5.41) is 2.83. The van der Waals surface area contributed by atoms with Gasteiger partial charge in [0.05, 0.1) is 19.8 Å². The highest BCUT2D eigenvalue weighted by molar-refractivity contribution is 5.86. The average Bonchev–Trinajstić information content (AvgIpc) is 2.69. The highest BCUT2D eigenvalue weighted by Gasteiger charge is 2.46. The molecule has 0 radical (unpaired) electrons. The molecule has 2 fully saturated rings. The zero-order valence-corrected chi connectivity index (χ0v) is 15.0. The van der Waals surface area contributed by atoms with Crippen LogP contribution >= 0.6 is 0 Å². The molecule has 2 heterocycles. The second-order valence-electron chi connectivity index (χ2n) is 6.86. The van der Waals surface area contributed by atoms with Crippen molar-refractivity contribution in [3.8, 4) is 0 Å². The zero-order valence-electron chi connectivity index (χ0n) is 15.0. The van der Waals surface area contributed by atoms with E-state index in [1.807, 2.05) is 30.3 Å². The van der Waals surface area contributed by atoms with Crippen LogP contribution in [0, 0.1) is 0 Å². The van der Waals surface area contributed by atoms with E-state index in [1.54, 1.807) is 0 Å². The number of piperidine rings is 1. The molecule has 3 rings (SSSR count). The Morgan fingerprint density at radius 1 is 1.12 bits per heavy atom. The quantitative estimate of drug-likeness (QED) is 0.884. The van der Waals surface area contributed by atoms with Crippen LogP contribution in [0.3, 0.4) is 0 Å². The predicted molar refractivity (Wildman–Crippen MR) is 95.6 cm³/mol. The predicted octanol–water partition coefficient (Wildman–Crippen LogP) is 1.60. The Morgan fingerprint density at radius 3 is 2.58 bits per heavy atom. The van der Waals surface area contributed by atoms with E-state index in [1.165, 1.54) is 9.80 Å². The van der Waals surface area contributed by atoms with Gasteiger partial charge in [-0.2, -0.15) is 0 Å². The Hall–Kier alpha value is -2.15. The van der Waals surface area contributed by atoms with E-state index >= 15 is 4.39 Å². The molecule has 1 N–H and O–H groups in total. The number of carbonyl (C=O) groups excluding carboxylic acids is 2. The van der Waals surface area contributed by atoms with Gasteiger partial charge in [-0.3, -0.25) is 4.79 Å². The SMILES string of the molecule is O=C(NCCc1ccccc1)N1CCCC(F)(C(=O)N2CCOCC2)C1. The maximum absolute atomic E-state index is 15.3. The van der Waals surface area contributed by atoms with E-state index in [4.69, 9.17) is 4.74 Å². The fourth-order valence-corrected chi connectivity index (χ4v) is 3.48. The molecule has 0 bridgehead atoms. The summed E-state index contributed by atoms with van der Waals surface area (Å²) < 4.78 is 20.5. The van der Waals surface area contributed by atoms with Gasteiger partial charge >= 0.3 is 6.03 Å². The van der Waals surface area contributed by atoms with Crippen LogP contribution in [0.25, 0.3) is 0 Å². The van der Waals surface area contributed by atoms with Crippen molar-refractivity contribution >= 4 is 11.9 Å². The lowest BCUT2D eigenvalue weighted by atomic mass is 9.93. The first-order chi connectivity index (χ1) is 12.6. The topological polar surface area (TPSA) is 61.9 Å². The zero-order chi connectivity index (χ0) is 18.4. The van der Waals surface area contributed by atoms with Crippen molar-refractivity contribution < 1.29 is 18.7 Å². The smallest absolute Gasteiger partial charge is 0.317 e. The van der Waals surface area contributed by atoms with Gasteiger partial charge in [0.1, 0.15) is 0 Å². The minimum atomic E-state index is -1.99. The number of nitrogens with zero attached hydrogens (tertiary/aromatic N) is 2. The number of nitrogens with one attached hydrogen (secondary N) is 1. The largest absolute Gasteiger partial charge is 0.378 e. The molecule has 26 heavy (non-hydrogen) atoms. The minimum absolute atomic E-state index is 0.164. The van der Waals surface area contributed by atoms with Crippen LogP contribution in [0.1, 0.15) is 18.4 Å². The van der Waals surface area contributed by atoms with E-state index in [9.17, 15) is 9.59 Å². The normalized spacial score (nSPS) is 23.6. The van der Waals surface area contributed by atoms with Crippen molar-refractivity contribution in [1.82, 2.24) is 15.1 Å². The van der Waals surface area contributed by atoms with Crippen LogP contribution in [-0.2, 0) is 16.0 Å². The Morgan fingerprint density at radius 2 is 1.85 bits per heavy atom. The van der Waals surface area contributed by atoms with Crippen LogP contribution < -0.4 is 5.32 Å². The third-order valence-electron chi connectivity index (χ3n) is 4.94. The number of ether oxygens (including phenoxy) is 1. The summed E-state index contributed by atoms with van der Waals surface area (Å²) in [6, 6.07) is 9.55. The first-order valence-corrected chi connectivity index (χ1v) is 9.21. The van der Waals surface area contributed by atoms with Gasteiger partial charge in [-0.05, 0) is 24.8 Å². The first-order valence-electron chi connectivity index (χ1n) is 9.21. The molecule has 0 aliphatic carbocycles. The van der Waals surface area contributed by atoms with Gasteiger partial charge in [-0.15, -0.1) is 0 Å². The van der Waals surface area contributed by atoms with Crippen molar-refractivity contribution in [3.05, 3.63) is 35.9 Å². The van der Waals surface area contributed by atoms with Crippen LogP contribution in [0.15, 0.2) is 30.3 Å². The molecule has 142 valence electrons. The molecule has 1 atom stereocenters. The van der Waals surface area contributed by atoms with E-state index < -0.39 is 11.6 Å². The van der Waals surface area contributed by atoms with Gasteiger partial charge in [0.15, 0.2) is 0 Å². The van der Waals surface area contributed by atoms with Gasteiger partial charge in [0.2, 0.25) is 5.67 Å². The standard InChI is InChI=1S/C19H26FN3O3/c20-19(17(24)22-11-13-26-14-12-22)8-4-10-23(15-19)18(25)21-9-7-16-5-2-1-3-6-16/h1-3,5-6H,4,7-15H2,(H,21,25). The number of alkyl halides is 1. The number of hydrogen-bond acceptors (Lipinski definition) is 3. The van der Waals surface area contributed by atoms with Crippen LogP contribution in [0.4, 0.5) is 9.18 Å². The van der Waals surface area contributed by atoms with Crippen molar-refractivity contribution in [2.75, 3.05) is 45.9 Å². The number of carbonyl (C=O) groups is 2. The fraction of sp³-hybridized carbons (Fsp3) is 0.579. The molecule has 2 aliphatic rings. The second-order valence-corrected chi connectivity index (χ2v) is 6.86. The Labute approximate surface area is 153 Å². The fourth-order valence-electron chi connectivity index (χ4n) is 3.48. The second kappa shape index (κ2) is 8.49. The van der Waals surface area contributed by atoms with Crippen molar-refractivity contribution in [2.24, 2.45) is 0 Å². The van der Waals surface area contributed by atoms with Crippen molar-refractivity contribution in [1.29, 1.82) is 0 Å². The van der Waals surface area contributed by atoms with Crippen molar-refractivity contribution in [2.45, 2.75) is 24.9 Å². The maximum atomic E-state index is 15.3. The lowest BCUT2D eigenvalue weighted by molar-refractivity contribution is -0.151. The summed E-state index contributed by atoms with van der Waals surface area (Å²) in [6.07, 6.45) is 1.36. The molecule has 1 unspecified atom stereocenters. The third kappa shape index (κ3) is 4.52. The van der Waals surface area contributed by atoms with E-state index in [2.05, 4.69) is 5.32 Å². The summed E-state index contributed by atoms with van der Waals surface area (Å²) >= 11 is 0. The highest BCUT2D eigenvalue weighted by atomic mass is 19.1. The lowest BCUT2D eigenvalue weighted by Gasteiger charge is -2.39. The number of morpholine rings is 1. The molecule has 1 aromatic rings. The van der Waals surface area contributed by atoms with Gasteiger partial charge in [0, 0.05) is 26.2 Å². The molecule has 7 heteroatoms. The molecule has 6 nitrogen and oxygen atoms in total. The molecule has 1 aromatic carbocycles. The minimum Gasteiger partial charge on any atom is -0.378 e. The van der Waals surface area contributed by atoms with Crippen LogP contribution in [0.2, 0.25) is 0 Å². The highest BCUT2D eigenvalue weighted by Crippen LogP contribution is 2.28. The Kier molecular flexibility index (Phi) is 6.08. The van der Waals surface area contributed by atoms with E-state index in [-0.39, 0.29) is 19.0 Å². The molecule has 0 spiro atoms. The molecule has 2 saturated heterocycles. The summed E-state index contributed by atoms with van der Waals surface area (Å²) in [6.45, 7) is 2.47. The number of benzene rings is 1. The third-order valence-corrected chi connectivity index (χ3v) is 4.94. The van der Waals surface area contributed by atoms with E-state index in [0.29, 0.717) is 52.2 Å². The average molecular weight is 363 g/mol. The van der Waals surface area contributed by atoms with Gasteiger partial charge < -0.3 is 19.9 Å². The number of halogens is 1. The summed E-state index contributed by atoms with van der Waals surface area (Å²) in [5.41, 5.74) is -0.861. The van der Waals surface area contributed by atoms with Crippen LogP contribution in [-0.4, -0.2) is 73.3 Å². The molecule has 0 saturated carbocycles. The molecular weight excluding hydrogens is 337 g/mol. The monoisotopic (exact) mass is 363 g/mol. The molecule has 2 aliphatic heterocycles. The summed E-state index contributed by atoms with van der Waals surface area (Å²) in [7, 11) is 0. The Bertz CT molecular complexity index is 622. The molecule has 3 amide bonds. The van der Waals surface area contributed by atoms with Crippen molar-refractivity contribution in [3.63, 3.8) is 0 Å². The summed E-state index contributed by atoms with van der Waals surface area (Å²) in [5.74, 6) is -0.511. The first kappa shape index (κ1) is 18.6. The number of amides is 3. The number of likely N-dealkylation sites (tertiary alicyclic amines) is 1. The lowest BCUT2D eigenvalue weighted by Crippen LogP contribution is -2.59. The Balaban J connectivity index is 1.51. The number of hydrogen-bond donors (Lipinski definition) is 1. The summed E-state index contributed by atoms with van der Waals surface area (Å²) in [4.78, 5) is 27.9. The van der Waals surface area contributed by atoms with Gasteiger partial charge in [-0.25, -0.2) is 9.18 Å². The van der Waals surface area contributed by atoms with Gasteiger partial charge in [-0.1, -0.05) is 30.3 Å². The number of urea groups is 1. The molecular formula is C19H26FN3O3. The maximum Gasteiger partial charge on any atom is 0.317 e. The van der Waals surface area contributed by atoms with Gasteiger partial charge in [0.25, 0.3) is 5.91 Å². The van der Waals surface area contributed by atoms with Crippen LogP contribution in [0.5, 0.6) is 0 Å². The molecule has 0 aromatic heterocycles.